The van der Waals surface area contributed by atoms with Crippen LogP contribution in [0.4, 0.5) is 10.1 Å². The largest absolute Gasteiger partial charge is 0.354 e. The second-order valence-corrected chi connectivity index (χ2v) is 9.38. The van der Waals surface area contributed by atoms with E-state index in [0.717, 1.165) is 47.7 Å². The van der Waals surface area contributed by atoms with Gasteiger partial charge in [-0.1, -0.05) is 50.8 Å². The lowest BCUT2D eigenvalue weighted by atomic mass is 9.99. The SMILES string of the molecule is CCCC[C@@H](CC)CNC(=O)CN(c1ccc(C)cc1)S(=O)(=O)c1ccc(F)cc1. The van der Waals surface area contributed by atoms with Crippen LogP contribution in [-0.4, -0.2) is 27.4 Å². The second kappa shape index (κ2) is 11.1. The Bertz CT molecular complexity index is 912. The quantitative estimate of drug-likeness (QED) is 0.559. The maximum absolute atomic E-state index is 13.3. The third-order valence-corrected chi connectivity index (χ3v) is 6.93. The van der Waals surface area contributed by atoms with Crippen LogP contribution in [0.2, 0.25) is 0 Å². The molecule has 0 radical (unpaired) electrons. The van der Waals surface area contributed by atoms with Crippen molar-refractivity contribution < 1.29 is 17.6 Å². The summed E-state index contributed by atoms with van der Waals surface area (Å²) in [6.07, 6.45) is 4.18. The minimum absolute atomic E-state index is 0.0633. The van der Waals surface area contributed by atoms with Crippen molar-refractivity contribution >= 4 is 21.6 Å². The highest BCUT2D eigenvalue weighted by atomic mass is 32.2. The van der Waals surface area contributed by atoms with E-state index in [4.69, 9.17) is 0 Å². The van der Waals surface area contributed by atoms with Crippen LogP contribution in [0.1, 0.15) is 45.1 Å². The first kappa shape index (κ1) is 23.9. The minimum atomic E-state index is -4.03. The van der Waals surface area contributed by atoms with Gasteiger partial charge in [-0.2, -0.15) is 0 Å². The van der Waals surface area contributed by atoms with Gasteiger partial charge in [-0.15, -0.1) is 0 Å². The highest BCUT2D eigenvalue weighted by molar-refractivity contribution is 7.92. The van der Waals surface area contributed by atoms with Gasteiger partial charge in [0, 0.05) is 6.54 Å². The third-order valence-electron chi connectivity index (χ3n) is 5.14. The van der Waals surface area contributed by atoms with Gasteiger partial charge in [0.15, 0.2) is 0 Å². The van der Waals surface area contributed by atoms with Crippen LogP contribution in [0, 0.1) is 18.7 Å². The zero-order valence-electron chi connectivity index (χ0n) is 17.9. The number of sulfonamides is 1. The molecule has 1 N–H and O–H groups in total. The smallest absolute Gasteiger partial charge is 0.264 e. The summed E-state index contributed by atoms with van der Waals surface area (Å²) in [6, 6.07) is 11.5. The molecule has 0 heterocycles. The van der Waals surface area contributed by atoms with Gasteiger partial charge in [-0.3, -0.25) is 9.10 Å². The number of hydrogen-bond acceptors (Lipinski definition) is 3. The van der Waals surface area contributed by atoms with Crippen LogP contribution in [-0.2, 0) is 14.8 Å². The second-order valence-electron chi connectivity index (χ2n) is 7.52. The molecule has 7 heteroatoms. The Hall–Kier alpha value is -2.41. The van der Waals surface area contributed by atoms with Gasteiger partial charge in [0.25, 0.3) is 10.0 Å². The maximum atomic E-state index is 13.3. The molecule has 0 saturated carbocycles. The Morgan fingerprint density at radius 2 is 1.70 bits per heavy atom. The van der Waals surface area contributed by atoms with Crippen LogP contribution in [0.5, 0.6) is 0 Å². The number of rotatable bonds is 11. The number of hydrogen-bond donors (Lipinski definition) is 1. The molecule has 0 aliphatic rings. The molecule has 2 rings (SSSR count). The number of halogens is 1. The molecule has 0 bridgehead atoms. The highest BCUT2D eigenvalue weighted by Crippen LogP contribution is 2.24. The number of nitrogens with one attached hydrogen (secondary N) is 1. The minimum Gasteiger partial charge on any atom is -0.354 e. The zero-order valence-corrected chi connectivity index (χ0v) is 18.7. The van der Waals surface area contributed by atoms with Crippen LogP contribution < -0.4 is 9.62 Å². The van der Waals surface area contributed by atoms with E-state index < -0.39 is 15.8 Å². The third kappa shape index (κ3) is 6.55. The fourth-order valence-electron chi connectivity index (χ4n) is 3.15. The predicted molar refractivity (Wildman–Crippen MR) is 118 cm³/mol. The highest BCUT2D eigenvalue weighted by Gasteiger charge is 2.27. The number of nitrogens with zero attached hydrogens (tertiary/aromatic N) is 1. The lowest BCUT2D eigenvalue weighted by molar-refractivity contribution is -0.119. The summed E-state index contributed by atoms with van der Waals surface area (Å²) in [4.78, 5) is 12.6. The summed E-state index contributed by atoms with van der Waals surface area (Å²) >= 11 is 0. The summed E-state index contributed by atoms with van der Waals surface area (Å²) in [5.41, 5.74) is 1.36. The van der Waals surface area contributed by atoms with Crippen molar-refractivity contribution in [1.82, 2.24) is 5.32 Å². The number of aryl methyl sites for hydroxylation is 1. The molecule has 1 amide bonds. The first-order chi connectivity index (χ1) is 14.3. The lowest BCUT2D eigenvalue weighted by Crippen LogP contribution is -2.42. The molecular weight excluding hydrogens is 403 g/mol. The van der Waals surface area contributed by atoms with Gasteiger partial charge in [0.05, 0.1) is 10.6 Å². The lowest BCUT2D eigenvalue weighted by Gasteiger charge is -2.25. The van der Waals surface area contributed by atoms with E-state index in [0.29, 0.717) is 18.2 Å². The van der Waals surface area contributed by atoms with E-state index >= 15 is 0 Å². The van der Waals surface area contributed by atoms with E-state index in [2.05, 4.69) is 19.2 Å². The standard InChI is InChI=1S/C23H31FN2O3S/c1-4-6-7-19(5-2)16-25-23(27)17-26(21-12-8-18(3)9-13-21)30(28,29)22-14-10-20(24)11-15-22/h8-15,19H,4-7,16-17H2,1-3H3,(H,25,27)/t19-/m1/s1. The van der Waals surface area contributed by atoms with Crippen molar-refractivity contribution in [3.05, 3.63) is 59.9 Å². The molecule has 30 heavy (non-hydrogen) atoms. The summed E-state index contributed by atoms with van der Waals surface area (Å²) < 4.78 is 40.8. The van der Waals surface area contributed by atoms with Crippen LogP contribution >= 0.6 is 0 Å². The van der Waals surface area contributed by atoms with Crippen molar-refractivity contribution in [3.8, 4) is 0 Å². The zero-order chi connectivity index (χ0) is 22.1. The van der Waals surface area contributed by atoms with Crippen molar-refractivity contribution in [2.45, 2.75) is 51.3 Å². The molecule has 0 aliphatic heterocycles. The Labute approximate surface area is 179 Å². The number of benzene rings is 2. The van der Waals surface area contributed by atoms with Crippen molar-refractivity contribution in [2.75, 3.05) is 17.4 Å². The number of unbranched alkanes of at least 4 members (excludes halogenated alkanes) is 1. The Balaban J connectivity index is 2.23. The van der Waals surface area contributed by atoms with E-state index in [1.807, 2.05) is 6.92 Å². The summed E-state index contributed by atoms with van der Waals surface area (Å²) in [6.45, 7) is 6.30. The normalized spacial score (nSPS) is 12.4. The van der Waals surface area contributed by atoms with Gasteiger partial charge in [0.1, 0.15) is 12.4 Å². The van der Waals surface area contributed by atoms with Crippen molar-refractivity contribution in [2.24, 2.45) is 5.92 Å². The molecule has 5 nitrogen and oxygen atoms in total. The average Bonchev–Trinajstić information content (AvgIpc) is 2.73. The van der Waals surface area contributed by atoms with Gasteiger partial charge in [-0.05, 0) is 55.7 Å². The van der Waals surface area contributed by atoms with Gasteiger partial charge in [0.2, 0.25) is 5.91 Å². The van der Waals surface area contributed by atoms with Gasteiger partial charge >= 0.3 is 0 Å². The maximum Gasteiger partial charge on any atom is 0.264 e. The molecule has 2 aromatic rings. The van der Waals surface area contributed by atoms with Gasteiger partial charge < -0.3 is 5.32 Å². The molecule has 164 valence electrons. The first-order valence-electron chi connectivity index (χ1n) is 10.4. The molecule has 0 aromatic heterocycles. The number of anilines is 1. The number of carbonyl (C=O) groups is 1. The van der Waals surface area contributed by atoms with E-state index in [1.165, 1.54) is 12.1 Å². The Morgan fingerprint density at radius 3 is 2.27 bits per heavy atom. The van der Waals surface area contributed by atoms with Crippen LogP contribution in [0.15, 0.2) is 53.4 Å². The summed E-state index contributed by atoms with van der Waals surface area (Å²) in [5, 5.41) is 2.88. The van der Waals surface area contributed by atoms with E-state index in [1.54, 1.807) is 24.3 Å². The molecule has 0 aliphatic carbocycles. The van der Waals surface area contributed by atoms with Gasteiger partial charge in [-0.25, -0.2) is 12.8 Å². The molecule has 0 spiro atoms. The van der Waals surface area contributed by atoms with Crippen molar-refractivity contribution in [3.63, 3.8) is 0 Å². The van der Waals surface area contributed by atoms with Crippen LogP contribution in [0.25, 0.3) is 0 Å². The molecule has 2 aromatic carbocycles. The predicted octanol–water partition coefficient (Wildman–Crippen LogP) is 4.66. The fraction of sp³-hybridized carbons (Fsp3) is 0.435. The summed E-state index contributed by atoms with van der Waals surface area (Å²) in [5.74, 6) is -0.516. The molecule has 0 saturated heterocycles. The molecule has 1 atom stereocenters. The summed E-state index contributed by atoms with van der Waals surface area (Å²) in [7, 11) is -4.03. The first-order valence-corrected chi connectivity index (χ1v) is 11.8. The number of amides is 1. The fourth-order valence-corrected chi connectivity index (χ4v) is 4.57. The van der Waals surface area contributed by atoms with E-state index in [9.17, 15) is 17.6 Å². The molecule has 0 unspecified atom stereocenters. The molecular formula is C23H31FN2O3S. The van der Waals surface area contributed by atoms with Crippen molar-refractivity contribution in [1.29, 1.82) is 0 Å². The Morgan fingerprint density at radius 1 is 1.07 bits per heavy atom. The number of carbonyl (C=O) groups excluding carboxylic acids is 1. The average molecular weight is 435 g/mol. The van der Waals surface area contributed by atoms with Crippen LogP contribution in [0.3, 0.4) is 0 Å². The molecule has 0 fully saturated rings. The van der Waals surface area contributed by atoms with E-state index in [-0.39, 0.29) is 17.3 Å². The topological polar surface area (TPSA) is 66.5 Å². The Kier molecular flexibility index (Phi) is 8.84. The monoisotopic (exact) mass is 434 g/mol.